The third-order valence-corrected chi connectivity index (χ3v) is 5.80. The molecule has 142 valence electrons. The van der Waals surface area contributed by atoms with Crippen LogP contribution in [0.4, 0.5) is 0 Å². The van der Waals surface area contributed by atoms with Crippen LogP contribution in [0.3, 0.4) is 0 Å². The van der Waals surface area contributed by atoms with E-state index in [9.17, 15) is 14.7 Å². The second-order valence-electron chi connectivity index (χ2n) is 7.91. The average Bonchev–Trinajstić information content (AvgIpc) is 3.41. The standard InChI is InChI=1S/C21H24N2O4/c1-14-3-2-4-16(11-14)18-12-17(27-22-18)13-21(20(25)26)7-9-23(10-8-21)19(24)15-5-6-15/h2-4,11-12,15H,5-10,13H2,1H3,(H,25,26). The number of piperidine rings is 1. The minimum absolute atomic E-state index is 0.175. The Balaban J connectivity index is 1.48. The number of carboxylic acids is 1. The molecule has 6 nitrogen and oxygen atoms in total. The molecule has 1 aromatic carbocycles. The molecule has 2 heterocycles. The van der Waals surface area contributed by atoms with Crippen LogP contribution in [0.5, 0.6) is 0 Å². The molecule has 2 aliphatic rings. The summed E-state index contributed by atoms with van der Waals surface area (Å²) in [5.74, 6) is 0.120. The van der Waals surface area contributed by atoms with Crippen LogP contribution in [0.1, 0.15) is 37.0 Å². The van der Waals surface area contributed by atoms with Gasteiger partial charge in [-0.2, -0.15) is 0 Å². The van der Waals surface area contributed by atoms with Gasteiger partial charge in [-0.05, 0) is 38.7 Å². The normalized spacial score (nSPS) is 19.1. The summed E-state index contributed by atoms with van der Waals surface area (Å²) in [5, 5.41) is 14.0. The summed E-state index contributed by atoms with van der Waals surface area (Å²) < 4.78 is 5.47. The van der Waals surface area contributed by atoms with Crippen molar-refractivity contribution in [2.75, 3.05) is 13.1 Å². The molecule has 1 saturated heterocycles. The molecule has 0 spiro atoms. The molecule has 6 heteroatoms. The smallest absolute Gasteiger partial charge is 0.310 e. The van der Waals surface area contributed by atoms with Crippen molar-refractivity contribution in [1.29, 1.82) is 0 Å². The van der Waals surface area contributed by atoms with Crippen molar-refractivity contribution in [3.05, 3.63) is 41.7 Å². The van der Waals surface area contributed by atoms with E-state index in [1.807, 2.05) is 42.2 Å². The summed E-state index contributed by atoms with van der Waals surface area (Å²) in [6.45, 7) is 3.02. The van der Waals surface area contributed by atoms with Crippen molar-refractivity contribution in [2.24, 2.45) is 11.3 Å². The monoisotopic (exact) mass is 368 g/mol. The predicted octanol–water partition coefficient (Wildman–Crippen LogP) is 3.30. The highest BCUT2D eigenvalue weighted by Crippen LogP contribution is 2.39. The van der Waals surface area contributed by atoms with E-state index in [-0.39, 0.29) is 11.8 Å². The van der Waals surface area contributed by atoms with Gasteiger partial charge in [-0.15, -0.1) is 0 Å². The van der Waals surface area contributed by atoms with Crippen LogP contribution in [-0.2, 0) is 16.0 Å². The molecule has 27 heavy (non-hydrogen) atoms. The topological polar surface area (TPSA) is 83.6 Å². The third kappa shape index (κ3) is 3.61. The number of carbonyl (C=O) groups is 2. The molecule has 4 rings (SSSR count). The van der Waals surface area contributed by atoms with Gasteiger partial charge in [0.2, 0.25) is 5.91 Å². The number of aryl methyl sites for hydroxylation is 1. The van der Waals surface area contributed by atoms with Gasteiger partial charge < -0.3 is 14.5 Å². The molecule has 0 bridgehead atoms. The number of likely N-dealkylation sites (tertiary alicyclic amines) is 1. The average molecular weight is 368 g/mol. The summed E-state index contributed by atoms with van der Waals surface area (Å²) in [7, 11) is 0. The minimum atomic E-state index is -0.899. The number of aliphatic carboxylic acids is 1. The Bertz CT molecular complexity index is 861. The van der Waals surface area contributed by atoms with Crippen LogP contribution < -0.4 is 0 Å². The largest absolute Gasteiger partial charge is 0.481 e. The minimum Gasteiger partial charge on any atom is -0.481 e. The molecule has 1 amide bonds. The molecule has 0 radical (unpaired) electrons. The number of hydrogen-bond acceptors (Lipinski definition) is 4. The lowest BCUT2D eigenvalue weighted by Gasteiger charge is -2.38. The van der Waals surface area contributed by atoms with Crippen LogP contribution in [0.25, 0.3) is 11.3 Å². The third-order valence-electron chi connectivity index (χ3n) is 5.80. The molecule has 1 aliphatic carbocycles. The molecule has 1 aliphatic heterocycles. The van der Waals surface area contributed by atoms with Crippen molar-refractivity contribution in [3.63, 3.8) is 0 Å². The van der Waals surface area contributed by atoms with Gasteiger partial charge >= 0.3 is 5.97 Å². The maximum atomic E-state index is 12.2. The zero-order valence-corrected chi connectivity index (χ0v) is 15.5. The van der Waals surface area contributed by atoms with Gasteiger partial charge in [0.05, 0.1) is 5.41 Å². The van der Waals surface area contributed by atoms with Gasteiger partial charge in [0.15, 0.2) is 0 Å². The quantitative estimate of drug-likeness (QED) is 0.875. The van der Waals surface area contributed by atoms with Gasteiger partial charge in [0, 0.05) is 37.1 Å². The lowest BCUT2D eigenvalue weighted by atomic mass is 9.75. The first-order valence-electron chi connectivity index (χ1n) is 9.52. The summed E-state index contributed by atoms with van der Waals surface area (Å²) in [6, 6.07) is 9.80. The molecule has 1 N–H and O–H groups in total. The van der Waals surface area contributed by atoms with E-state index >= 15 is 0 Å². The second-order valence-corrected chi connectivity index (χ2v) is 7.91. The Kier molecular flexibility index (Phi) is 4.50. The fourth-order valence-corrected chi connectivity index (χ4v) is 3.88. The molecule has 2 fully saturated rings. The highest BCUT2D eigenvalue weighted by atomic mass is 16.5. The lowest BCUT2D eigenvalue weighted by Crippen LogP contribution is -2.48. The van der Waals surface area contributed by atoms with Crippen LogP contribution in [0, 0.1) is 18.3 Å². The number of carboxylic acid groups (broad SMARTS) is 1. The van der Waals surface area contributed by atoms with Crippen molar-refractivity contribution in [2.45, 2.75) is 39.0 Å². The number of carbonyl (C=O) groups excluding carboxylic acids is 1. The van der Waals surface area contributed by atoms with E-state index in [1.165, 1.54) is 0 Å². The van der Waals surface area contributed by atoms with Gasteiger partial charge in [0.1, 0.15) is 11.5 Å². The van der Waals surface area contributed by atoms with Gasteiger partial charge in [-0.3, -0.25) is 9.59 Å². The molecular weight excluding hydrogens is 344 g/mol. The number of benzene rings is 1. The number of amides is 1. The zero-order chi connectivity index (χ0) is 19.0. The van der Waals surface area contributed by atoms with Crippen molar-refractivity contribution < 1.29 is 19.2 Å². The Morgan fingerprint density at radius 3 is 2.63 bits per heavy atom. The highest BCUT2D eigenvalue weighted by Gasteiger charge is 2.45. The van der Waals surface area contributed by atoms with E-state index in [0.717, 1.165) is 29.7 Å². The molecule has 1 aromatic heterocycles. The summed E-state index contributed by atoms with van der Waals surface area (Å²) in [6.07, 6.45) is 3.13. The Hall–Kier alpha value is -2.63. The predicted molar refractivity (Wildman–Crippen MR) is 99.0 cm³/mol. The first-order valence-corrected chi connectivity index (χ1v) is 9.52. The fraction of sp³-hybridized carbons (Fsp3) is 0.476. The maximum absolute atomic E-state index is 12.2. The van der Waals surface area contributed by atoms with Gasteiger partial charge in [0.25, 0.3) is 0 Å². The lowest BCUT2D eigenvalue weighted by molar-refractivity contribution is -0.154. The van der Waals surface area contributed by atoms with Crippen LogP contribution in [0.2, 0.25) is 0 Å². The first kappa shape index (κ1) is 17.8. The number of rotatable bonds is 5. The fourth-order valence-electron chi connectivity index (χ4n) is 3.88. The van der Waals surface area contributed by atoms with E-state index in [0.29, 0.717) is 38.1 Å². The van der Waals surface area contributed by atoms with Crippen LogP contribution in [0.15, 0.2) is 34.9 Å². The molecule has 0 unspecified atom stereocenters. The molecular formula is C21H24N2O4. The van der Waals surface area contributed by atoms with E-state index in [1.54, 1.807) is 0 Å². The van der Waals surface area contributed by atoms with E-state index in [4.69, 9.17) is 4.52 Å². The molecule has 1 saturated carbocycles. The molecule has 0 atom stereocenters. The summed E-state index contributed by atoms with van der Waals surface area (Å²) >= 11 is 0. The number of aromatic nitrogens is 1. The number of nitrogens with zero attached hydrogens (tertiary/aromatic N) is 2. The Morgan fingerprint density at radius 2 is 2.00 bits per heavy atom. The summed E-state index contributed by atoms with van der Waals surface area (Å²) in [5.41, 5.74) is 1.91. The zero-order valence-electron chi connectivity index (χ0n) is 15.5. The first-order chi connectivity index (χ1) is 13.0. The van der Waals surface area contributed by atoms with E-state index < -0.39 is 11.4 Å². The Morgan fingerprint density at radius 1 is 1.26 bits per heavy atom. The van der Waals surface area contributed by atoms with Crippen LogP contribution >= 0.6 is 0 Å². The van der Waals surface area contributed by atoms with Crippen molar-refractivity contribution in [3.8, 4) is 11.3 Å². The van der Waals surface area contributed by atoms with Gasteiger partial charge in [-0.25, -0.2) is 0 Å². The second kappa shape index (κ2) is 6.83. The number of hydrogen-bond donors (Lipinski definition) is 1. The Labute approximate surface area is 158 Å². The van der Waals surface area contributed by atoms with Crippen LogP contribution in [-0.4, -0.2) is 40.1 Å². The van der Waals surface area contributed by atoms with Gasteiger partial charge in [-0.1, -0.05) is 28.9 Å². The SMILES string of the molecule is Cc1cccc(-c2cc(CC3(C(=O)O)CCN(C(=O)C4CC4)CC3)on2)c1. The maximum Gasteiger partial charge on any atom is 0.310 e. The van der Waals surface area contributed by atoms with E-state index in [2.05, 4.69) is 5.16 Å². The van der Waals surface area contributed by atoms with Crippen molar-refractivity contribution >= 4 is 11.9 Å². The highest BCUT2D eigenvalue weighted by molar-refractivity contribution is 5.82. The van der Waals surface area contributed by atoms with Crippen molar-refractivity contribution in [1.82, 2.24) is 10.1 Å². The molecule has 2 aromatic rings. The summed E-state index contributed by atoms with van der Waals surface area (Å²) in [4.78, 5) is 26.1.